The van der Waals surface area contributed by atoms with Crippen LogP contribution in [0.25, 0.3) is 11.0 Å². The number of hydrogen-bond acceptors (Lipinski definition) is 5. The number of carbonyl (C=O) groups is 2. The minimum absolute atomic E-state index is 0.0000459. The Labute approximate surface area is 155 Å². The first kappa shape index (κ1) is 18.1. The molecule has 3 aromatic rings. The van der Waals surface area contributed by atoms with E-state index in [0.717, 1.165) is 5.82 Å². The first-order valence-corrected chi connectivity index (χ1v) is 9.15. The number of nitrogens with zero attached hydrogens (tertiary/aromatic N) is 3. The number of ketones is 1. The lowest BCUT2D eigenvalue weighted by molar-refractivity contribution is 0.0825. The lowest BCUT2D eigenvalue weighted by Crippen LogP contribution is -2.23. The zero-order chi connectivity index (χ0) is 19.0. The number of amides is 1. The van der Waals surface area contributed by atoms with Crippen molar-refractivity contribution in [3.05, 3.63) is 45.4 Å². The van der Waals surface area contributed by atoms with Crippen molar-refractivity contribution in [1.29, 1.82) is 0 Å². The van der Waals surface area contributed by atoms with E-state index in [2.05, 4.69) is 4.98 Å². The van der Waals surface area contributed by atoms with E-state index in [1.165, 1.54) is 16.2 Å². The number of rotatable bonds is 5. The van der Waals surface area contributed by atoms with E-state index in [-0.39, 0.29) is 30.3 Å². The summed E-state index contributed by atoms with van der Waals surface area (Å²) in [6.45, 7) is 1.84. The molecule has 0 saturated heterocycles. The Morgan fingerprint density at radius 3 is 2.69 bits per heavy atom. The summed E-state index contributed by atoms with van der Waals surface area (Å²) >= 11 is 1.39. The van der Waals surface area contributed by atoms with Gasteiger partial charge in [-0.25, -0.2) is 4.98 Å². The fourth-order valence-electron chi connectivity index (χ4n) is 2.94. The monoisotopic (exact) mass is 371 g/mol. The number of aryl methyl sites for hydroxylation is 2. The lowest BCUT2D eigenvalue weighted by atomic mass is 9.98. The van der Waals surface area contributed by atoms with Crippen molar-refractivity contribution in [3.8, 4) is 5.75 Å². The van der Waals surface area contributed by atoms with Gasteiger partial charge in [0.1, 0.15) is 17.1 Å². The molecule has 0 atom stereocenters. The van der Waals surface area contributed by atoms with Crippen molar-refractivity contribution in [2.24, 2.45) is 7.05 Å². The number of aromatic hydroxyl groups is 1. The molecule has 7 heteroatoms. The molecular weight excluding hydrogens is 350 g/mol. The summed E-state index contributed by atoms with van der Waals surface area (Å²) < 4.78 is 1.84. The lowest BCUT2D eigenvalue weighted by Gasteiger charge is -2.16. The summed E-state index contributed by atoms with van der Waals surface area (Å²) in [4.78, 5) is 31.5. The Morgan fingerprint density at radius 1 is 1.35 bits per heavy atom. The van der Waals surface area contributed by atoms with Gasteiger partial charge in [-0.05, 0) is 30.9 Å². The Morgan fingerprint density at radius 2 is 2.08 bits per heavy atom. The summed E-state index contributed by atoms with van der Waals surface area (Å²) in [6, 6.07) is 5.37. The van der Waals surface area contributed by atoms with Gasteiger partial charge in [-0.15, -0.1) is 11.3 Å². The molecule has 0 spiro atoms. The van der Waals surface area contributed by atoms with Gasteiger partial charge in [-0.3, -0.25) is 9.59 Å². The van der Waals surface area contributed by atoms with Crippen LogP contribution in [0.15, 0.2) is 23.6 Å². The van der Waals surface area contributed by atoms with Crippen LogP contribution in [0.3, 0.4) is 0 Å². The average molecular weight is 371 g/mol. The van der Waals surface area contributed by atoms with Gasteiger partial charge in [0.15, 0.2) is 5.78 Å². The predicted molar refractivity (Wildman–Crippen MR) is 102 cm³/mol. The number of fused-ring (bicyclic) bond motifs is 1. The smallest absolute Gasteiger partial charge is 0.253 e. The third-order valence-corrected chi connectivity index (χ3v) is 5.42. The number of benzene rings is 1. The standard InChI is InChI=1S/C19H21N3O3S/c1-11-20-17-14(22(11)4)10-13(19(25)21(2)3)12(18(17)24)7-8-15(23)16-6-5-9-26-16/h5-6,9-10,24H,7-8H2,1-4H3. The van der Waals surface area contributed by atoms with Crippen molar-refractivity contribution >= 4 is 34.1 Å². The molecule has 3 rings (SSSR count). The van der Waals surface area contributed by atoms with Gasteiger partial charge in [0.05, 0.1) is 10.4 Å². The van der Waals surface area contributed by atoms with E-state index in [1.807, 2.05) is 30.0 Å². The van der Waals surface area contributed by atoms with Crippen molar-refractivity contribution in [3.63, 3.8) is 0 Å². The van der Waals surface area contributed by atoms with Gasteiger partial charge in [0.25, 0.3) is 5.91 Å². The van der Waals surface area contributed by atoms with E-state index in [0.29, 0.717) is 27.0 Å². The highest BCUT2D eigenvalue weighted by atomic mass is 32.1. The summed E-state index contributed by atoms with van der Waals surface area (Å²) in [5, 5.41) is 12.6. The number of aromatic nitrogens is 2. The molecule has 0 aliphatic rings. The van der Waals surface area contributed by atoms with Gasteiger partial charge in [0.2, 0.25) is 0 Å². The Hall–Kier alpha value is -2.67. The maximum atomic E-state index is 12.7. The van der Waals surface area contributed by atoms with Crippen LogP contribution in [0, 0.1) is 6.92 Å². The second-order valence-corrected chi connectivity index (χ2v) is 7.38. The number of carbonyl (C=O) groups excluding carboxylic acids is 2. The van der Waals surface area contributed by atoms with Crippen LogP contribution in [0.2, 0.25) is 0 Å². The molecular formula is C19H21N3O3S. The van der Waals surface area contributed by atoms with Crippen LogP contribution >= 0.6 is 11.3 Å². The molecule has 0 unspecified atom stereocenters. The second kappa shape index (κ2) is 6.92. The molecule has 136 valence electrons. The molecule has 0 bridgehead atoms. The molecule has 0 fully saturated rings. The Kier molecular flexibility index (Phi) is 4.82. The third kappa shape index (κ3) is 3.10. The zero-order valence-electron chi connectivity index (χ0n) is 15.2. The van der Waals surface area contributed by atoms with Crippen LogP contribution in [0.1, 0.15) is 37.8 Å². The molecule has 2 aromatic heterocycles. The van der Waals surface area contributed by atoms with Crippen LogP contribution in [-0.2, 0) is 13.5 Å². The molecule has 1 amide bonds. The fourth-order valence-corrected chi connectivity index (χ4v) is 3.64. The number of phenols is 1. The fraction of sp³-hybridized carbons (Fsp3) is 0.316. The molecule has 0 aliphatic carbocycles. The number of phenolic OH excluding ortho intramolecular Hbond substituents is 1. The molecule has 0 saturated carbocycles. The summed E-state index contributed by atoms with van der Waals surface area (Å²) in [7, 11) is 5.17. The average Bonchev–Trinajstić information content (AvgIpc) is 3.23. The van der Waals surface area contributed by atoms with E-state index in [9.17, 15) is 14.7 Å². The van der Waals surface area contributed by atoms with E-state index < -0.39 is 0 Å². The zero-order valence-corrected chi connectivity index (χ0v) is 16.1. The van der Waals surface area contributed by atoms with Crippen LogP contribution < -0.4 is 0 Å². The number of Topliss-reactive ketones (excluding diaryl/α,β-unsaturated/α-hetero) is 1. The minimum atomic E-state index is -0.209. The molecule has 1 N–H and O–H groups in total. The molecule has 0 radical (unpaired) electrons. The molecule has 0 aliphatic heterocycles. The highest BCUT2D eigenvalue weighted by molar-refractivity contribution is 7.12. The van der Waals surface area contributed by atoms with Gasteiger partial charge in [0, 0.05) is 38.7 Å². The highest BCUT2D eigenvalue weighted by Gasteiger charge is 2.23. The highest BCUT2D eigenvalue weighted by Crippen LogP contribution is 2.33. The van der Waals surface area contributed by atoms with Crippen molar-refractivity contribution in [2.45, 2.75) is 19.8 Å². The van der Waals surface area contributed by atoms with Crippen molar-refractivity contribution in [2.75, 3.05) is 14.1 Å². The van der Waals surface area contributed by atoms with E-state index in [1.54, 1.807) is 26.2 Å². The summed E-state index contributed by atoms with van der Waals surface area (Å²) in [5.74, 6) is 0.514. The topological polar surface area (TPSA) is 75.4 Å². The maximum Gasteiger partial charge on any atom is 0.253 e. The van der Waals surface area contributed by atoms with E-state index in [4.69, 9.17) is 0 Å². The number of imidazole rings is 1. The van der Waals surface area contributed by atoms with Crippen LogP contribution in [-0.4, -0.2) is 45.3 Å². The van der Waals surface area contributed by atoms with Gasteiger partial charge in [-0.1, -0.05) is 6.07 Å². The SMILES string of the molecule is Cc1nc2c(O)c(CCC(=O)c3cccs3)c(C(=O)N(C)C)cc2n1C. The van der Waals surface area contributed by atoms with Crippen LogP contribution in [0.5, 0.6) is 5.75 Å². The minimum Gasteiger partial charge on any atom is -0.505 e. The first-order valence-electron chi connectivity index (χ1n) is 8.27. The largest absolute Gasteiger partial charge is 0.505 e. The van der Waals surface area contributed by atoms with Gasteiger partial charge < -0.3 is 14.6 Å². The van der Waals surface area contributed by atoms with Crippen molar-refractivity contribution < 1.29 is 14.7 Å². The normalized spacial score (nSPS) is 11.1. The van der Waals surface area contributed by atoms with Crippen LogP contribution in [0.4, 0.5) is 0 Å². The van der Waals surface area contributed by atoms with Crippen molar-refractivity contribution in [1.82, 2.24) is 14.5 Å². The molecule has 26 heavy (non-hydrogen) atoms. The number of hydrogen-bond donors (Lipinski definition) is 1. The molecule has 2 heterocycles. The summed E-state index contributed by atoms with van der Waals surface area (Å²) in [6.07, 6.45) is 0.502. The second-order valence-electron chi connectivity index (χ2n) is 6.44. The Bertz CT molecular complexity index is 988. The predicted octanol–water partition coefficient (Wildman–Crippen LogP) is 3.17. The van der Waals surface area contributed by atoms with E-state index >= 15 is 0 Å². The first-order chi connectivity index (χ1) is 12.3. The maximum absolute atomic E-state index is 12.7. The molecule has 1 aromatic carbocycles. The Balaban J connectivity index is 2.06. The summed E-state index contributed by atoms with van der Waals surface area (Å²) in [5.41, 5.74) is 2.03. The molecule has 6 nitrogen and oxygen atoms in total. The van der Waals surface area contributed by atoms with Gasteiger partial charge in [-0.2, -0.15) is 0 Å². The third-order valence-electron chi connectivity index (χ3n) is 4.51. The van der Waals surface area contributed by atoms with Gasteiger partial charge >= 0.3 is 0 Å². The quantitative estimate of drug-likeness (QED) is 0.699. The number of thiophene rings is 1.